The summed E-state index contributed by atoms with van der Waals surface area (Å²) in [6, 6.07) is 12.3. The third-order valence-electron chi connectivity index (χ3n) is 3.96. The van der Waals surface area contributed by atoms with Crippen LogP contribution >= 0.6 is 0 Å². The Morgan fingerprint density at radius 3 is 2.74 bits per heavy atom. The highest BCUT2D eigenvalue weighted by Crippen LogP contribution is 2.10. The van der Waals surface area contributed by atoms with Gasteiger partial charge in [0.25, 0.3) is 0 Å². The van der Waals surface area contributed by atoms with E-state index in [1.54, 1.807) is 30.3 Å². The molecule has 1 aromatic heterocycles. The molecule has 0 radical (unpaired) electrons. The Hall–Kier alpha value is -3.55. The van der Waals surface area contributed by atoms with Crippen LogP contribution < -0.4 is 10.7 Å². The Bertz CT molecular complexity index is 1060. The van der Waals surface area contributed by atoms with Gasteiger partial charge in [0.05, 0.1) is 18.3 Å². The highest BCUT2D eigenvalue weighted by molar-refractivity contribution is 5.94. The van der Waals surface area contributed by atoms with Crippen LogP contribution in [0.25, 0.3) is 10.9 Å². The molecule has 3 aromatic rings. The van der Waals surface area contributed by atoms with Crippen LogP contribution in [0.2, 0.25) is 0 Å². The largest absolute Gasteiger partial charge is 0.335 e. The fourth-order valence-electron chi connectivity index (χ4n) is 2.61. The fourth-order valence-corrected chi connectivity index (χ4v) is 2.61. The lowest BCUT2D eigenvalue weighted by Gasteiger charge is -2.18. The number of carbonyl (C=O) groups is 2. The first-order valence-electron chi connectivity index (χ1n) is 8.18. The van der Waals surface area contributed by atoms with Gasteiger partial charge in [0.2, 0.25) is 17.2 Å². The highest BCUT2D eigenvalue weighted by atomic mass is 19.1. The molecule has 0 saturated heterocycles. The lowest BCUT2D eigenvalue weighted by Crippen LogP contribution is -2.37. The molecule has 27 heavy (non-hydrogen) atoms. The van der Waals surface area contributed by atoms with Crippen molar-refractivity contribution in [2.75, 3.05) is 18.9 Å². The number of amides is 2. The first kappa shape index (κ1) is 18.2. The van der Waals surface area contributed by atoms with Crippen LogP contribution in [0.3, 0.4) is 0 Å². The molecule has 8 heteroatoms. The maximum absolute atomic E-state index is 13.2. The van der Waals surface area contributed by atoms with Crippen LogP contribution in [0.15, 0.2) is 59.5 Å². The minimum Gasteiger partial charge on any atom is -0.335 e. The molecule has 0 aliphatic heterocycles. The van der Waals surface area contributed by atoms with Crippen molar-refractivity contribution in [3.8, 4) is 0 Å². The van der Waals surface area contributed by atoms with E-state index in [1.807, 2.05) is 0 Å². The molecule has 0 bridgehead atoms. The maximum atomic E-state index is 13.2. The summed E-state index contributed by atoms with van der Waals surface area (Å²) in [4.78, 5) is 37.6. The molecule has 0 saturated carbocycles. The molecule has 0 atom stereocenters. The molecule has 138 valence electrons. The molecule has 0 aliphatic carbocycles. The molecule has 1 heterocycles. The van der Waals surface area contributed by atoms with Crippen LogP contribution in [-0.4, -0.2) is 40.1 Å². The smallest absolute Gasteiger partial charge is 0.244 e. The summed E-state index contributed by atoms with van der Waals surface area (Å²) in [5.74, 6) is -1.27. The SMILES string of the molecule is CN(CC(=O)Nc1cccc(F)c1)C(=O)Cn1ncc(=O)c2ccccc21. The predicted molar refractivity (Wildman–Crippen MR) is 98.7 cm³/mol. The van der Waals surface area contributed by atoms with Gasteiger partial charge >= 0.3 is 0 Å². The van der Waals surface area contributed by atoms with E-state index in [0.717, 1.165) is 6.20 Å². The summed E-state index contributed by atoms with van der Waals surface area (Å²) >= 11 is 0. The monoisotopic (exact) mass is 368 g/mol. The van der Waals surface area contributed by atoms with E-state index in [9.17, 15) is 18.8 Å². The summed E-state index contributed by atoms with van der Waals surface area (Å²) in [7, 11) is 1.48. The van der Waals surface area contributed by atoms with Crippen molar-refractivity contribution >= 4 is 28.4 Å². The van der Waals surface area contributed by atoms with Gasteiger partial charge in [-0.1, -0.05) is 18.2 Å². The van der Waals surface area contributed by atoms with Crippen LogP contribution in [0.4, 0.5) is 10.1 Å². The van der Waals surface area contributed by atoms with E-state index in [-0.39, 0.29) is 24.4 Å². The van der Waals surface area contributed by atoms with Crippen molar-refractivity contribution < 1.29 is 14.0 Å². The number of likely N-dealkylation sites (N-methyl/N-ethyl adjacent to an activating group) is 1. The van der Waals surface area contributed by atoms with Gasteiger partial charge < -0.3 is 10.2 Å². The lowest BCUT2D eigenvalue weighted by molar-refractivity contribution is -0.133. The molecular formula is C19H17FN4O3. The second-order valence-corrected chi connectivity index (χ2v) is 5.99. The molecule has 0 spiro atoms. The summed E-state index contributed by atoms with van der Waals surface area (Å²) in [6.45, 7) is -0.321. The van der Waals surface area contributed by atoms with Crippen LogP contribution in [0.1, 0.15) is 0 Å². The number of anilines is 1. The zero-order valence-electron chi connectivity index (χ0n) is 14.6. The van der Waals surface area contributed by atoms with Crippen molar-refractivity contribution in [2.24, 2.45) is 0 Å². The van der Waals surface area contributed by atoms with Gasteiger partial charge in [0, 0.05) is 18.1 Å². The van der Waals surface area contributed by atoms with Gasteiger partial charge in [-0.3, -0.25) is 19.1 Å². The van der Waals surface area contributed by atoms with Gasteiger partial charge in [0.15, 0.2) is 0 Å². The van der Waals surface area contributed by atoms with E-state index < -0.39 is 11.7 Å². The topological polar surface area (TPSA) is 84.3 Å². The number of halogens is 1. The number of hydrogen-bond acceptors (Lipinski definition) is 4. The summed E-state index contributed by atoms with van der Waals surface area (Å²) in [5.41, 5.74) is 0.627. The van der Waals surface area contributed by atoms with Gasteiger partial charge in [-0.05, 0) is 30.3 Å². The van der Waals surface area contributed by atoms with E-state index in [4.69, 9.17) is 0 Å². The summed E-state index contributed by atoms with van der Waals surface area (Å²) < 4.78 is 14.6. The number of carbonyl (C=O) groups excluding carboxylic acids is 2. The minimum atomic E-state index is -0.464. The summed E-state index contributed by atoms with van der Waals surface area (Å²) in [6.07, 6.45) is 1.16. The van der Waals surface area contributed by atoms with Gasteiger partial charge in [-0.15, -0.1) is 0 Å². The lowest BCUT2D eigenvalue weighted by atomic mass is 10.2. The second-order valence-electron chi connectivity index (χ2n) is 5.99. The van der Waals surface area contributed by atoms with Crippen molar-refractivity contribution in [1.29, 1.82) is 0 Å². The molecule has 2 aromatic carbocycles. The zero-order chi connectivity index (χ0) is 19.4. The molecular weight excluding hydrogens is 351 g/mol. The Balaban J connectivity index is 1.67. The predicted octanol–water partition coefficient (Wildman–Crippen LogP) is 1.63. The molecule has 0 aliphatic rings. The maximum Gasteiger partial charge on any atom is 0.244 e. The van der Waals surface area contributed by atoms with Crippen molar-refractivity contribution in [3.63, 3.8) is 0 Å². The van der Waals surface area contributed by atoms with Crippen LogP contribution in [0, 0.1) is 5.82 Å². The normalized spacial score (nSPS) is 10.6. The Morgan fingerprint density at radius 1 is 1.19 bits per heavy atom. The standard InChI is InChI=1S/C19H17FN4O3/c1-23(11-18(26)22-14-6-4-5-13(20)9-14)19(27)12-24-16-8-3-2-7-15(16)17(25)10-21-24/h2-10H,11-12H2,1H3,(H,22,26). The fraction of sp³-hybridized carbons (Fsp3) is 0.158. The van der Waals surface area contributed by atoms with Crippen LogP contribution in [-0.2, 0) is 16.1 Å². The number of para-hydroxylation sites is 1. The first-order chi connectivity index (χ1) is 12.9. The third-order valence-corrected chi connectivity index (χ3v) is 3.96. The van der Waals surface area contributed by atoms with Crippen LogP contribution in [0.5, 0.6) is 0 Å². The number of nitrogens with zero attached hydrogens (tertiary/aromatic N) is 3. The number of aromatic nitrogens is 2. The molecule has 0 unspecified atom stereocenters. The van der Waals surface area contributed by atoms with E-state index in [1.165, 1.54) is 34.8 Å². The summed E-state index contributed by atoms with van der Waals surface area (Å²) in [5, 5.41) is 7.00. The minimum absolute atomic E-state index is 0.120. The Morgan fingerprint density at radius 2 is 1.96 bits per heavy atom. The average molecular weight is 368 g/mol. The number of nitrogens with one attached hydrogen (secondary N) is 1. The third kappa shape index (κ3) is 4.35. The van der Waals surface area contributed by atoms with E-state index in [0.29, 0.717) is 16.6 Å². The molecule has 0 fully saturated rings. The second kappa shape index (κ2) is 7.77. The van der Waals surface area contributed by atoms with E-state index in [2.05, 4.69) is 10.4 Å². The van der Waals surface area contributed by atoms with Gasteiger partial charge in [-0.25, -0.2) is 4.39 Å². The van der Waals surface area contributed by atoms with Gasteiger partial charge in [0.1, 0.15) is 12.4 Å². The Kier molecular flexibility index (Phi) is 5.25. The van der Waals surface area contributed by atoms with Crippen molar-refractivity contribution in [2.45, 2.75) is 6.54 Å². The average Bonchev–Trinajstić information content (AvgIpc) is 2.64. The molecule has 3 rings (SSSR count). The highest BCUT2D eigenvalue weighted by Gasteiger charge is 2.15. The first-order valence-corrected chi connectivity index (χ1v) is 8.18. The number of hydrogen-bond donors (Lipinski definition) is 1. The number of rotatable bonds is 5. The number of benzene rings is 2. The van der Waals surface area contributed by atoms with E-state index >= 15 is 0 Å². The Labute approximate surface area is 154 Å². The zero-order valence-corrected chi connectivity index (χ0v) is 14.6. The quantitative estimate of drug-likeness (QED) is 0.742. The molecule has 1 N–H and O–H groups in total. The van der Waals surface area contributed by atoms with Crippen molar-refractivity contribution in [3.05, 3.63) is 70.8 Å². The van der Waals surface area contributed by atoms with Crippen molar-refractivity contribution in [1.82, 2.24) is 14.7 Å². The molecule has 2 amide bonds. The van der Waals surface area contributed by atoms with Gasteiger partial charge in [-0.2, -0.15) is 5.10 Å². The molecule has 7 nitrogen and oxygen atoms in total. The number of fused-ring (bicyclic) bond motifs is 1.